The van der Waals surface area contributed by atoms with Crippen LogP contribution < -0.4 is 4.74 Å². The summed E-state index contributed by atoms with van der Waals surface area (Å²) in [6.07, 6.45) is 2.24. The van der Waals surface area contributed by atoms with Crippen molar-refractivity contribution in [2.45, 2.75) is 12.5 Å². The van der Waals surface area contributed by atoms with Gasteiger partial charge in [-0.15, -0.1) is 0 Å². The molecule has 6 heteroatoms. The van der Waals surface area contributed by atoms with E-state index in [1.807, 2.05) is 6.07 Å². The maximum absolute atomic E-state index is 13.7. The van der Waals surface area contributed by atoms with Gasteiger partial charge in [0.2, 0.25) is 5.88 Å². The Kier molecular flexibility index (Phi) is 4.38. The molecule has 1 fully saturated rings. The lowest BCUT2D eigenvalue weighted by Crippen LogP contribution is -2.31. The molecule has 0 radical (unpaired) electrons. The fraction of sp³-hybridized carbons (Fsp3) is 0.250. The van der Waals surface area contributed by atoms with E-state index in [-0.39, 0.29) is 17.6 Å². The zero-order valence-electron chi connectivity index (χ0n) is 11.7. The molecule has 1 saturated heterocycles. The Bertz CT molecular complexity index is 678. The fourth-order valence-electron chi connectivity index (χ4n) is 2.42. The Balaban J connectivity index is 1.63. The number of halogens is 2. The van der Waals surface area contributed by atoms with E-state index in [9.17, 15) is 9.18 Å². The summed E-state index contributed by atoms with van der Waals surface area (Å²) in [4.78, 5) is 18.1. The van der Waals surface area contributed by atoms with Crippen molar-refractivity contribution in [1.29, 1.82) is 0 Å². The summed E-state index contributed by atoms with van der Waals surface area (Å²) in [6.45, 7) is 0.985. The van der Waals surface area contributed by atoms with Crippen LogP contribution in [0.4, 0.5) is 4.39 Å². The molecule has 2 heterocycles. The quantitative estimate of drug-likeness (QED) is 0.839. The van der Waals surface area contributed by atoms with Crippen LogP contribution >= 0.6 is 15.9 Å². The van der Waals surface area contributed by atoms with Crippen LogP contribution in [0.25, 0.3) is 0 Å². The molecule has 114 valence electrons. The van der Waals surface area contributed by atoms with Crippen LogP contribution in [0.15, 0.2) is 47.1 Å². The molecule has 1 aliphatic rings. The molecule has 3 rings (SSSR count). The van der Waals surface area contributed by atoms with Gasteiger partial charge in [-0.2, -0.15) is 0 Å². The summed E-state index contributed by atoms with van der Waals surface area (Å²) in [5.74, 6) is -0.271. The molecule has 0 saturated carbocycles. The topological polar surface area (TPSA) is 42.4 Å². The largest absolute Gasteiger partial charge is 0.472 e. The average Bonchev–Trinajstić information content (AvgIpc) is 2.98. The summed E-state index contributed by atoms with van der Waals surface area (Å²) in [5.41, 5.74) is 0.102. The van der Waals surface area contributed by atoms with Crippen molar-refractivity contribution < 1.29 is 13.9 Å². The van der Waals surface area contributed by atoms with E-state index in [0.29, 0.717) is 25.4 Å². The van der Waals surface area contributed by atoms with Gasteiger partial charge >= 0.3 is 0 Å². The maximum atomic E-state index is 13.7. The average molecular weight is 365 g/mol. The monoisotopic (exact) mass is 364 g/mol. The van der Waals surface area contributed by atoms with Crippen molar-refractivity contribution in [3.05, 3.63) is 58.4 Å². The second kappa shape index (κ2) is 6.44. The lowest BCUT2D eigenvalue weighted by Gasteiger charge is -2.17. The molecule has 4 nitrogen and oxygen atoms in total. The Morgan fingerprint density at radius 1 is 1.32 bits per heavy atom. The molecule has 1 aromatic carbocycles. The van der Waals surface area contributed by atoms with Crippen molar-refractivity contribution in [1.82, 2.24) is 9.88 Å². The Morgan fingerprint density at radius 3 is 2.86 bits per heavy atom. The van der Waals surface area contributed by atoms with Crippen LogP contribution in [0.5, 0.6) is 5.88 Å². The summed E-state index contributed by atoms with van der Waals surface area (Å²) in [5, 5.41) is 0. The van der Waals surface area contributed by atoms with Crippen LogP contribution in [0.3, 0.4) is 0 Å². The number of carbonyl (C=O) groups excluding carboxylic acids is 1. The molecule has 22 heavy (non-hydrogen) atoms. The van der Waals surface area contributed by atoms with Gasteiger partial charge in [0, 0.05) is 29.7 Å². The number of hydrogen-bond donors (Lipinski definition) is 0. The Morgan fingerprint density at radius 2 is 2.14 bits per heavy atom. The van der Waals surface area contributed by atoms with E-state index in [1.54, 1.807) is 29.3 Å². The van der Waals surface area contributed by atoms with Crippen LogP contribution in [0.2, 0.25) is 0 Å². The molecular formula is C16H14BrFN2O2. The number of likely N-dealkylation sites (tertiary alicyclic amines) is 1. The van der Waals surface area contributed by atoms with Gasteiger partial charge in [-0.25, -0.2) is 9.37 Å². The van der Waals surface area contributed by atoms with Crippen LogP contribution in [0.1, 0.15) is 16.8 Å². The molecule has 0 unspecified atom stereocenters. The minimum atomic E-state index is -0.494. The molecule has 0 bridgehead atoms. The predicted molar refractivity (Wildman–Crippen MR) is 83.3 cm³/mol. The molecule has 1 aromatic heterocycles. The van der Waals surface area contributed by atoms with E-state index in [0.717, 1.165) is 4.47 Å². The third-order valence-corrected chi connectivity index (χ3v) is 3.99. The number of amides is 1. The third kappa shape index (κ3) is 3.27. The lowest BCUT2D eigenvalue weighted by atomic mass is 10.2. The first-order valence-electron chi connectivity index (χ1n) is 6.95. The second-order valence-corrected chi connectivity index (χ2v) is 5.99. The smallest absolute Gasteiger partial charge is 0.256 e. The molecule has 0 spiro atoms. The van der Waals surface area contributed by atoms with E-state index in [1.165, 1.54) is 12.1 Å². The van der Waals surface area contributed by atoms with Crippen molar-refractivity contribution in [3.8, 4) is 5.88 Å². The van der Waals surface area contributed by atoms with Gasteiger partial charge in [-0.05, 0) is 34.1 Å². The van der Waals surface area contributed by atoms with E-state index in [4.69, 9.17) is 4.74 Å². The summed E-state index contributed by atoms with van der Waals surface area (Å²) in [6, 6.07) is 9.64. The molecule has 0 aliphatic carbocycles. The highest BCUT2D eigenvalue weighted by atomic mass is 79.9. The van der Waals surface area contributed by atoms with Gasteiger partial charge in [0.05, 0.1) is 12.1 Å². The van der Waals surface area contributed by atoms with Gasteiger partial charge in [0.15, 0.2) is 0 Å². The predicted octanol–water partition coefficient (Wildman–Crippen LogP) is 3.28. The maximum Gasteiger partial charge on any atom is 0.256 e. The van der Waals surface area contributed by atoms with E-state index in [2.05, 4.69) is 20.9 Å². The highest BCUT2D eigenvalue weighted by Gasteiger charge is 2.29. The minimum absolute atomic E-state index is 0.102. The van der Waals surface area contributed by atoms with Gasteiger partial charge in [0.25, 0.3) is 5.91 Å². The number of pyridine rings is 1. The first-order chi connectivity index (χ1) is 10.6. The molecule has 2 aromatic rings. The first kappa shape index (κ1) is 15.0. The van der Waals surface area contributed by atoms with Crippen LogP contribution in [-0.4, -0.2) is 35.0 Å². The van der Waals surface area contributed by atoms with Crippen LogP contribution in [-0.2, 0) is 0 Å². The first-order valence-corrected chi connectivity index (χ1v) is 7.75. The number of aromatic nitrogens is 1. The third-order valence-electron chi connectivity index (χ3n) is 3.52. The normalized spacial score (nSPS) is 17.5. The number of rotatable bonds is 3. The van der Waals surface area contributed by atoms with Crippen molar-refractivity contribution in [3.63, 3.8) is 0 Å². The molecule has 1 atom stereocenters. The summed E-state index contributed by atoms with van der Waals surface area (Å²) >= 11 is 3.31. The zero-order valence-corrected chi connectivity index (χ0v) is 13.3. The lowest BCUT2D eigenvalue weighted by molar-refractivity contribution is 0.0766. The highest BCUT2D eigenvalue weighted by Crippen LogP contribution is 2.20. The number of hydrogen-bond acceptors (Lipinski definition) is 3. The van der Waals surface area contributed by atoms with Gasteiger partial charge < -0.3 is 9.64 Å². The summed E-state index contributed by atoms with van der Waals surface area (Å²) < 4.78 is 20.3. The van der Waals surface area contributed by atoms with Crippen molar-refractivity contribution >= 4 is 21.8 Å². The Hall–Kier alpha value is -1.95. The molecule has 1 aliphatic heterocycles. The zero-order chi connectivity index (χ0) is 15.5. The number of carbonyl (C=O) groups is 1. The van der Waals surface area contributed by atoms with Gasteiger partial charge in [-0.1, -0.05) is 12.1 Å². The van der Waals surface area contributed by atoms with E-state index >= 15 is 0 Å². The van der Waals surface area contributed by atoms with Gasteiger partial charge in [0.1, 0.15) is 11.9 Å². The number of ether oxygens (including phenoxy) is 1. The highest BCUT2D eigenvalue weighted by molar-refractivity contribution is 9.10. The molecular weight excluding hydrogens is 351 g/mol. The van der Waals surface area contributed by atoms with Crippen LogP contribution in [0, 0.1) is 5.82 Å². The fourth-order valence-corrected chi connectivity index (χ4v) is 2.65. The number of nitrogens with zero attached hydrogens (tertiary/aromatic N) is 2. The summed E-state index contributed by atoms with van der Waals surface area (Å²) in [7, 11) is 0. The SMILES string of the molecule is O=C(c1ccccc1F)N1CC[C@@H](Oc2ccc(Br)cn2)C1. The second-order valence-electron chi connectivity index (χ2n) is 5.07. The minimum Gasteiger partial charge on any atom is -0.472 e. The molecule has 0 N–H and O–H groups in total. The van der Waals surface area contributed by atoms with Crippen molar-refractivity contribution in [2.75, 3.05) is 13.1 Å². The van der Waals surface area contributed by atoms with Crippen molar-refractivity contribution in [2.24, 2.45) is 0 Å². The molecule has 1 amide bonds. The standard InChI is InChI=1S/C16H14BrFN2O2/c17-11-5-6-15(19-9-11)22-12-7-8-20(10-12)16(21)13-3-1-2-4-14(13)18/h1-6,9,12H,7-8,10H2/t12-/m1/s1. The van der Waals surface area contributed by atoms with Gasteiger partial charge in [-0.3, -0.25) is 4.79 Å². The number of benzene rings is 1. The Labute approximate surface area is 136 Å². The van der Waals surface area contributed by atoms with E-state index < -0.39 is 5.82 Å².